The van der Waals surface area contributed by atoms with Crippen molar-refractivity contribution in [2.24, 2.45) is 0 Å². The summed E-state index contributed by atoms with van der Waals surface area (Å²) in [7, 11) is 0. The molecule has 0 radical (unpaired) electrons. The maximum atomic E-state index is 12.4. The van der Waals surface area contributed by atoms with Crippen molar-refractivity contribution in [3.63, 3.8) is 0 Å². The van der Waals surface area contributed by atoms with Crippen molar-refractivity contribution in [3.8, 4) is 0 Å². The summed E-state index contributed by atoms with van der Waals surface area (Å²) in [6.45, 7) is 5.70. The average molecular weight is 348 g/mol. The lowest BCUT2D eigenvalue weighted by Crippen LogP contribution is -2.38. The van der Waals surface area contributed by atoms with E-state index < -0.39 is 0 Å². The van der Waals surface area contributed by atoms with Crippen LogP contribution in [0.2, 0.25) is 0 Å². The van der Waals surface area contributed by atoms with Crippen molar-refractivity contribution >= 4 is 17.9 Å². The van der Waals surface area contributed by atoms with Gasteiger partial charge in [0.25, 0.3) is 11.8 Å². The second-order valence-corrected chi connectivity index (χ2v) is 6.30. The van der Waals surface area contributed by atoms with Gasteiger partial charge in [-0.2, -0.15) is 0 Å². The molecule has 0 unspecified atom stereocenters. The molecule has 4 nitrogen and oxygen atoms in total. The van der Waals surface area contributed by atoms with E-state index in [-0.39, 0.29) is 23.6 Å². The van der Waals surface area contributed by atoms with Gasteiger partial charge in [0.05, 0.1) is 0 Å². The van der Waals surface area contributed by atoms with Gasteiger partial charge in [-0.1, -0.05) is 60.2 Å². The standard InChI is InChI=1S/C22H24N2O2/c1-16(2)23-22(26)20(11-7-10-18-8-5-4-6-9-18)24-21(25)19-14-12-17(3)13-15-19/h4-16H,1-3H3,(H,23,26)(H,24,25)/b10-7+,20-11-. The van der Waals surface area contributed by atoms with E-state index in [9.17, 15) is 9.59 Å². The van der Waals surface area contributed by atoms with E-state index in [1.165, 1.54) is 0 Å². The maximum Gasteiger partial charge on any atom is 0.267 e. The third kappa shape index (κ3) is 6.06. The van der Waals surface area contributed by atoms with Gasteiger partial charge in [0.1, 0.15) is 5.70 Å². The number of amides is 2. The Morgan fingerprint density at radius 3 is 2.23 bits per heavy atom. The number of aryl methyl sites for hydroxylation is 1. The van der Waals surface area contributed by atoms with Gasteiger partial charge in [-0.05, 0) is 44.5 Å². The lowest BCUT2D eigenvalue weighted by atomic mass is 10.1. The van der Waals surface area contributed by atoms with Crippen molar-refractivity contribution < 1.29 is 9.59 Å². The Labute approximate surface area is 154 Å². The summed E-state index contributed by atoms with van der Waals surface area (Å²) in [6.07, 6.45) is 5.23. The van der Waals surface area contributed by atoms with Crippen molar-refractivity contribution in [2.75, 3.05) is 0 Å². The minimum absolute atomic E-state index is 0.0275. The number of carbonyl (C=O) groups excluding carboxylic acids is 2. The fraction of sp³-hybridized carbons (Fsp3) is 0.182. The molecule has 0 aliphatic carbocycles. The van der Waals surface area contributed by atoms with Gasteiger partial charge in [-0.15, -0.1) is 0 Å². The summed E-state index contributed by atoms with van der Waals surface area (Å²) < 4.78 is 0. The SMILES string of the molecule is Cc1ccc(C(=O)N/C(=C\C=C\c2ccccc2)C(=O)NC(C)C)cc1. The highest BCUT2D eigenvalue weighted by Gasteiger charge is 2.14. The molecule has 0 saturated heterocycles. The van der Waals surface area contributed by atoms with Crippen LogP contribution in [0, 0.1) is 6.92 Å². The Morgan fingerprint density at radius 2 is 1.62 bits per heavy atom. The number of rotatable bonds is 6. The van der Waals surface area contributed by atoms with Crippen LogP contribution in [0.25, 0.3) is 6.08 Å². The quantitative estimate of drug-likeness (QED) is 0.615. The summed E-state index contributed by atoms with van der Waals surface area (Å²) in [5.41, 5.74) is 2.79. The summed E-state index contributed by atoms with van der Waals surface area (Å²) >= 11 is 0. The summed E-state index contributed by atoms with van der Waals surface area (Å²) in [4.78, 5) is 24.8. The molecule has 4 heteroatoms. The second kappa shape index (κ2) is 9.37. The molecule has 0 spiro atoms. The van der Waals surface area contributed by atoms with Crippen molar-refractivity contribution in [1.82, 2.24) is 10.6 Å². The molecule has 2 aromatic rings. The van der Waals surface area contributed by atoms with E-state index in [0.29, 0.717) is 5.56 Å². The van der Waals surface area contributed by atoms with Gasteiger partial charge in [-0.25, -0.2) is 0 Å². The highest BCUT2D eigenvalue weighted by atomic mass is 16.2. The first-order chi connectivity index (χ1) is 12.5. The van der Waals surface area contributed by atoms with Crippen LogP contribution in [-0.4, -0.2) is 17.9 Å². The van der Waals surface area contributed by atoms with E-state index in [2.05, 4.69) is 10.6 Å². The Bertz CT molecular complexity index is 804. The molecule has 0 fully saturated rings. The minimum Gasteiger partial charge on any atom is -0.349 e. The van der Waals surface area contributed by atoms with E-state index in [0.717, 1.165) is 11.1 Å². The molecule has 2 aromatic carbocycles. The fourth-order valence-electron chi connectivity index (χ4n) is 2.23. The minimum atomic E-state index is -0.321. The van der Waals surface area contributed by atoms with Crippen LogP contribution in [0.5, 0.6) is 0 Å². The monoisotopic (exact) mass is 348 g/mol. The normalized spacial score (nSPS) is 11.6. The van der Waals surface area contributed by atoms with Crippen LogP contribution in [0.15, 0.2) is 72.4 Å². The third-order valence-corrected chi connectivity index (χ3v) is 3.58. The van der Waals surface area contributed by atoms with Gasteiger partial charge in [0.2, 0.25) is 0 Å². The zero-order chi connectivity index (χ0) is 18.9. The number of carbonyl (C=O) groups is 2. The van der Waals surface area contributed by atoms with Crippen LogP contribution in [-0.2, 0) is 4.79 Å². The highest BCUT2D eigenvalue weighted by Crippen LogP contribution is 2.06. The first-order valence-corrected chi connectivity index (χ1v) is 8.58. The molecule has 0 bridgehead atoms. The fourth-order valence-corrected chi connectivity index (χ4v) is 2.23. The molecule has 26 heavy (non-hydrogen) atoms. The van der Waals surface area contributed by atoms with Crippen LogP contribution in [0.1, 0.15) is 35.3 Å². The van der Waals surface area contributed by atoms with Crippen LogP contribution >= 0.6 is 0 Å². The van der Waals surface area contributed by atoms with Gasteiger partial charge >= 0.3 is 0 Å². The molecule has 0 heterocycles. The molecule has 134 valence electrons. The molecule has 2 amide bonds. The Hall–Kier alpha value is -3.14. The second-order valence-electron chi connectivity index (χ2n) is 6.30. The van der Waals surface area contributed by atoms with E-state index >= 15 is 0 Å². The number of hydrogen-bond acceptors (Lipinski definition) is 2. The lowest BCUT2D eigenvalue weighted by molar-refractivity contribution is -0.118. The summed E-state index contributed by atoms with van der Waals surface area (Å²) in [5.74, 6) is -0.638. The van der Waals surface area contributed by atoms with Gasteiger partial charge in [0, 0.05) is 11.6 Å². The molecular weight excluding hydrogens is 324 g/mol. The molecule has 0 aromatic heterocycles. The van der Waals surface area contributed by atoms with Crippen molar-refractivity contribution in [1.29, 1.82) is 0 Å². The number of allylic oxidation sites excluding steroid dienone is 2. The number of benzene rings is 2. The van der Waals surface area contributed by atoms with Crippen molar-refractivity contribution in [3.05, 3.63) is 89.1 Å². The van der Waals surface area contributed by atoms with E-state index in [1.807, 2.05) is 69.3 Å². The zero-order valence-electron chi connectivity index (χ0n) is 15.3. The largest absolute Gasteiger partial charge is 0.349 e. The summed E-state index contributed by atoms with van der Waals surface area (Å²) in [6, 6.07) is 16.9. The third-order valence-electron chi connectivity index (χ3n) is 3.58. The Morgan fingerprint density at radius 1 is 0.962 bits per heavy atom. The molecule has 0 aliphatic rings. The van der Waals surface area contributed by atoms with Crippen LogP contribution in [0.4, 0.5) is 0 Å². The first kappa shape index (κ1) is 19.2. The van der Waals surface area contributed by atoms with E-state index in [4.69, 9.17) is 0 Å². The van der Waals surface area contributed by atoms with Gasteiger partial charge in [-0.3, -0.25) is 9.59 Å². The predicted molar refractivity (Wildman–Crippen MR) is 105 cm³/mol. The first-order valence-electron chi connectivity index (χ1n) is 8.58. The number of nitrogens with one attached hydrogen (secondary N) is 2. The predicted octanol–water partition coefficient (Wildman–Crippen LogP) is 3.85. The van der Waals surface area contributed by atoms with Crippen molar-refractivity contribution in [2.45, 2.75) is 26.8 Å². The van der Waals surface area contributed by atoms with Crippen LogP contribution < -0.4 is 10.6 Å². The van der Waals surface area contributed by atoms with Gasteiger partial charge in [0.15, 0.2) is 0 Å². The highest BCUT2D eigenvalue weighted by molar-refractivity contribution is 6.03. The molecule has 2 N–H and O–H groups in total. The topological polar surface area (TPSA) is 58.2 Å². The Balaban J connectivity index is 2.18. The summed E-state index contributed by atoms with van der Waals surface area (Å²) in [5, 5.41) is 5.50. The van der Waals surface area contributed by atoms with E-state index in [1.54, 1.807) is 24.3 Å². The van der Waals surface area contributed by atoms with Gasteiger partial charge < -0.3 is 10.6 Å². The molecular formula is C22H24N2O2. The number of hydrogen-bond donors (Lipinski definition) is 2. The zero-order valence-corrected chi connectivity index (χ0v) is 15.3. The molecule has 0 saturated carbocycles. The average Bonchev–Trinajstić information content (AvgIpc) is 2.61. The molecule has 0 atom stereocenters. The van der Waals surface area contributed by atoms with Crippen LogP contribution in [0.3, 0.4) is 0 Å². The molecule has 2 rings (SSSR count). The Kier molecular flexibility index (Phi) is 6.92. The smallest absolute Gasteiger partial charge is 0.267 e. The molecule has 0 aliphatic heterocycles. The maximum absolute atomic E-state index is 12.4. The lowest BCUT2D eigenvalue weighted by Gasteiger charge is -2.12.